The van der Waals surface area contributed by atoms with Gasteiger partial charge in [0.05, 0.1) is 27.9 Å². The molecule has 1 heterocycles. The summed E-state index contributed by atoms with van der Waals surface area (Å²) in [5, 5.41) is 2.67. The molecule has 0 unspecified atom stereocenters. The number of halogens is 1. The van der Waals surface area contributed by atoms with Crippen molar-refractivity contribution in [1.82, 2.24) is 0 Å². The molecular weight excluding hydrogens is 390 g/mol. The monoisotopic (exact) mass is 409 g/mol. The summed E-state index contributed by atoms with van der Waals surface area (Å²) in [6, 6.07) is 10.2. The highest BCUT2D eigenvalue weighted by Gasteiger charge is 2.20. The van der Waals surface area contributed by atoms with Crippen LogP contribution >= 0.6 is 22.9 Å². The van der Waals surface area contributed by atoms with E-state index < -0.39 is 18.0 Å². The lowest BCUT2D eigenvalue weighted by atomic mass is 10.2. The van der Waals surface area contributed by atoms with E-state index in [-0.39, 0.29) is 18.6 Å². The van der Waals surface area contributed by atoms with Gasteiger partial charge in [-0.15, -0.1) is 11.3 Å². The minimum absolute atomic E-state index is 0.00279. The van der Waals surface area contributed by atoms with Crippen molar-refractivity contribution in [2.24, 2.45) is 0 Å². The van der Waals surface area contributed by atoms with E-state index in [1.165, 1.54) is 6.92 Å². The number of nitrogens with one attached hydrogen (secondary N) is 1. The minimum atomic E-state index is -1.00. The second-order valence-electron chi connectivity index (χ2n) is 5.58. The topological polar surface area (TPSA) is 81.7 Å². The average Bonchev–Trinajstić information content (AvgIpc) is 3.08. The number of carbonyl (C=O) groups is 3. The normalized spacial score (nSPS) is 11.5. The maximum atomic E-state index is 12.2. The lowest BCUT2D eigenvalue weighted by Crippen LogP contribution is -2.30. The number of hydrogen-bond acceptors (Lipinski definition) is 6. The molecule has 1 amide bonds. The zero-order valence-corrected chi connectivity index (χ0v) is 16.6. The van der Waals surface area contributed by atoms with E-state index >= 15 is 0 Å². The Morgan fingerprint density at radius 3 is 2.56 bits per heavy atom. The van der Waals surface area contributed by atoms with Crippen molar-refractivity contribution in [1.29, 1.82) is 0 Å². The summed E-state index contributed by atoms with van der Waals surface area (Å²) in [5.41, 5.74) is 0.497. The standard InChI is InChI=1S/C19H20ClNO5S/c1-3-25-15-7-5-4-6-13(15)21-19(24)12(2)26-18(23)11-8-14(22)16-9-10-17(20)27-16/h4-7,9-10,12H,3,8,11H2,1-2H3,(H,21,24)/t12-/m1/s1. The molecule has 2 aromatic rings. The van der Waals surface area contributed by atoms with Gasteiger partial charge < -0.3 is 14.8 Å². The second kappa shape index (κ2) is 10.1. The van der Waals surface area contributed by atoms with Gasteiger partial charge in [0.1, 0.15) is 5.75 Å². The number of rotatable bonds is 9. The molecular formula is C19H20ClNO5S. The lowest BCUT2D eigenvalue weighted by molar-refractivity contribution is -0.153. The van der Waals surface area contributed by atoms with Crippen LogP contribution in [0.3, 0.4) is 0 Å². The average molecular weight is 410 g/mol. The molecule has 1 aromatic carbocycles. The Hall–Kier alpha value is -2.38. The van der Waals surface area contributed by atoms with Crippen LogP contribution in [-0.2, 0) is 14.3 Å². The molecule has 8 heteroatoms. The van der Waals surface area contributed by atoms with E-state index in [0.717, 1.165) is 11.3 Å². The van der Waals surface area contributed by atoms with Crippen LogP contribution in [0, 0.1) is 0 Å². The highest BCUT2D eigenvalue weighted by Crippen LogP contribution is 2.24. The van der Waals surface area contributed by atoms with Crippen molar-refractivity contribution >= 4 is 46.3 Å². The lowest BCUT2D eigenvalue weighted by Gasteiger charge is -2.15. The van der Waals surface area contributed by atoms with Gasteiger partial charge in [0.2, 0.25) is 0 Å². The van der Waals surface area contributed by atoms with Crippen LogP contribution in [0.1, 0.15) is 36.4 Å². The van der Waals surface area contributed by atoms with Crippen molar-refractivity contribution in [2.75, 3.05) is 11.9 Å². The fourth-order valence-electron chi connectivity index (χ4n) is 2.20. The molecule has 0 fully saturated rings. The van der Waals surface area contributed by atoms with Crippen molar-refractivity contribution in [3.63, 3.8) is 0 Å². The summed E-state index contributed by atoms with van der Waals surface area (Å²) >= 11 is 6.95. The highest BCUT2D eigenvalue weighted by molar-refractivity contribution is 7.18. The van der Waals surface area contributed by atoms with Crippen molar-refractivity contribution in [2.45, 2.75) is 32.8 Å². The van der Waals surface area contributed by atoms with Crippen LogP contribution in [0.15, 0.2) is 36.4 Å². The Balaban J connectivity index is 1.83. The third-order valence-corrected chi connectivity index (χ3v) is 4.80. The number of para-hydroxylation sites is 2. The van der Waals surface area contributed by atoms with E-state index in [9.17, 15) is 14.4 Å². The van der Waals surface area contributed by atoms with Gasteiger partial charge >= 0.3 is 5.97 Å². The zero-order chi connectivity index (χ0) is 19.8. The van der Waals surface area contributed by atoms with E-state index in [4.69, 9.17) is 21.1 Å². The van der Waals surface area contributed by atoms with E-state index in [1.54, 1.807) is 36.4 Å². The summed E-state index contributed by atoms with van der Waals surface area (Å²) in [4.78, 5) is 36.6. The molecule has 0 aliphatic carbocycles. The zero-order valence-electron chi connectivity index (χ0n) is 15.0. The number of ketones is 1. The number of hydrogen-bond donors (Lipinski definition) is 1. The molecule has 1 N–H and O–H groups in total. The summed E-state index contributed by atoms with van der Waals surface area (Å²) in [5.74, 6) is -0.753. The Bertz CT molecular complexity index is 820. The number of ether oxygens (including phenoxy) is 2. The molecule has 2 rings (SSSR count). The largest absolute Gasteiger partial charge is 0.492 e. The fourth-order valence-corrected chi connectivity index (χ4v) is 3.21. The van der Waals surface area contributed by atoms with E-state index in [0.29, 0.717) is 27.3 Å². The fraction of sp³-hybridized carbons (Fsp3) is 0.316. The molecule has 1 atom stereocenters. The number of Topliss-reactive ketones (excluding diaryl/α,β-unsaturated/α-hetero) is 1. The van der Waals surface area contributed by atoms with E-state index in [2.05, 4.69) is 5.32 Å². The molecule has 27 heavy (non-hydrogen) atoms. The Morgan fingerprint density at radius 1 is 1.15 bits per heavy atom. The first-order valence-electron chi connectivity index (χ1n) is 8.41. The van der Waals surface area contributed by atoms with Gasteiger partial charge in [-0.25, -0.2) is 0 Å². The number of amides is 1. The quantitative estimate of drug-likeness (QED) is 0.492. The molecule has 0 radical (unpaired) electrons. The van der Waals surface area contributed by atoms with Crippen LogP contribution in [0.25, 0.3) is 0 Å². The minimum Gasteiger partial charge on any atom is -0.492 e. The maximum Gasteiger partial charge on any atom is 0.307 e. The third-order valence-electron chi connectivity index (χ3n) is 3.53. The Kier molecular flexibility index (Phi) is 7.82. The summed E-state index contributed by atoms with van der Waals surface area (Å²) in [6.07, 6.45) is -1.11. The first-order chi connectivity index (χ1) is 12.9. The third kappa shape index (κ3) is 6.37. The SMILES string of the molecule is CCOc1ccccc1NC(=O)[C@@H](C)OC(=O)CCC(=O)c1ccc(Cl)s1. The molecule has 0 saturated carbocycles. The van der Waals surface area contributed by atoms with Gasteiger partial charge in [-0.3, -0.25) is 14.4 Å². The predicted octanol–water partition coefficient (Wildman–Crippen LogP) is 4.33. The van der Waals surface area contributed by atoms with Crippen LogP contribution in [-0.4, -0.2) is 30.4 Å². The van der Waals surface area contributed by atoms with Crippen molar-refractivity contribution in [3.05, 3.63) is 45.6 Å². The van der Waals surface area contributed by atoms with Crippen LogP contribution in [0.5, 0.6) is 5.75 Å². The first kappa shape index (κ1) is 20.9. The van der Waals surface area contributed by atoms with Gasteiger partial charge in [0.15, 0.2) is 11.9 Å². The highest BCUT2D eigenvalue weighted by atomic mass is 35.5. The predicted molar refractivity (Wildman–Crippen MR) is 105 cm³/mol. The van der Waals surface area contributed by atoms with Crippen LogP contribution in [0.4, 0.5) is 5.69 Å². The summed E-state index contributed by atoms with van der Waals surface area (Å²) in [7, 11) is 0. The summed E-state index contributed by atoms with van der Waals surface area (Å²) in [6.45, 7) is 3.77. The molecule has 144 valence electrons. The molecule has 0 saturated heterocycles. The number of benzene rings is 1. The molecule has 1 aromatic heterocycles. The maximum absolute atomic E-state index is 12.2. The molecule has 0 spiro atoms. The molecule has 0 bridgehead atoms. The smallest absolute Gasteiger partial charge is 0.307 e. The van der Waals surface area contributed by atoms with Crippen molar-refractivity contribution < 1.29 is 23.9 Å². The number of esters is 1. The molecule has 0 aliphatic heterocycles. The van der Waals surface area contributed by atoms with Gasteiger partial charge in [-0.2, -0.15) is 0 Å². The molecule has 0 aliphatic rings. The van der Waals surface area contributed by atoms with Gasteiger partial charge in [-0.1, -0.05) is 23.7 Å². The molecule has 6 nitrogen and oxygen atoms in total. The van der Waals surface area contributed by atoms with Crippen LogP contribution < -0.4 is 10.1 Å². The Labute approximate surface area is 166 Å². The summed E-state index contributed by atoms with van der Waals surface area (Å²) < 4.78 is 11.1. The Morgan fingerprint density at radius 2 is 1.89 bits per heavy atom. The van der Waals surface area contributed by atoms with Gasteiger partial charge in [0, 0.05) is 6.42 Å². The van der Waals surface area contributed by atoms with Crippen molar-refractivity contribution in [3.8, 4) is 5.75 Å². The van der Waals surface area contributed by atoms with E-state index in [1.807, 2.05) is 6.92 Å². The number of thiophene rings is 1. The van der Waals surface area contributed by atoms with Gasteiger partial charge in [0.25, 0.3) is 5.91 Å². The van der Waals surface area contributed by atoms with Crippen LogP contribution in [0.2, 0.25) is 4.34 Å². The number of carbonyl (C=O) groups excluding carboxylic acids is 3. The second-order valence-corrected chi connectivity index (χ2v) is 7.29. The first-order valence-corrected chi connectivity index (χ1v) is 9.60. The number of anilines is 1. The van der Waals surface area contributed by atoms with Gasteiger partial charge in [-0.05, 0) is 38.1 Å².